The lowest BCUT2D eigenvalue weighted by atomic mass is 10.1. The maximum atomic E-state index is 14.0. The summed E-state index contributed by atoms with van der Waals surface area (Å²) in [5, 5.41) is 1.91. The SMILES string of the molecule is CN(C)c1ccc2c(SCSc3c(C=O)c(=O)n(Cc4ccccc4)c4cc(N(C)C)ccc34)c(C=O)c(=O)n(Cc3ccccc3)c2c1. The van der Waals surface area contributed by atoms with Crippen LogP contribution in [0.4, 0.5) is 11.4 Å². The summed E-state index contributed by atoms with van der Waals surface area (Å²) < 4.78 is 3.32. The van der Waals surface area contributed by atoms with Crippen LogP contribution in [-0.4, -0.2) is 55.0 Å². The Morgan fingerprint density at radius 2 is 0.959 bits per heavy atom. The molecule has 4 aromatic carbocycles. The Balaban J connectivity index is 1.44. The lowest BCUT2D eigenvalue weighted by Crippen LogP contribution is -2.26. The summed E-state index contributed by atoms with van der Waals surface area (Å²) in [6.45, 7) is 0.632. The van der Waals surface area contributed by atoms with Crippen LogP contribution in [0.3, 0.4) is 0 Å². The molecule has 0 aliphatic carbocycles. The Kier molecular flexibility index (Phi) is 10.1. The van der Waals surface area contributed by atoms with E-state index in [1.807, 2.05) is 135 Å². The second-order valence-electron chi connectivity index (χ2n) is 12.1. The molecule has 0 saturated carbocycles. The maximum absolute atomic E-state index is 14.0. The standard InChI is InChI=1S/C39H36N4O4S2/c1-40(2)28-15-17-30-34(19-28)42(21-26-11-7-5-8-12-26)38(46)32(23-44)36(30)48-25-49-37-31-18-16-29(41(3)4)20-35(31)43(39(47)33(37)24-45)22-27-13-9-6-10-14-27/h5-20,23-24H,21-22,25H2,1-4H3. The molecule has 0 bridgehead atoms. The van der Waals surface area contributed by atoms with E-state index in [0.717, 1.165) is 44.3 Å². The Hall–Kier alpha value is -5.06. The molecule has 0 unspecified atom stereocenters. The van der Waals surface area contributed by atoms with Gasteiger partial charge in [0, 0.05) is 65.2 Å². The van der Waals surface area contributed by atoms with Crippen molar-refractivity contribution in [2.45, 2.75) is 22.9 Å². The fraction of sp³-hybridized carbons (Fsp3) is 0.179. The summed E-state index contributed by atoms with van der Waals surface area (Å²) in [7, 11) is 7.77. The predicted molar refractivity (Wildman–Crippen MR) is 204 cm³/mol. The van der Waals surface area contributed by atoms with Gasteiger partial charge in [-0.1, -0.05) is 60.7 Å². The van der Waals surface area contributed by atoms with Gasteiger partial charge in [0.1, 0.15) is 0 Å². The van der Waals surface area contributed by atoms with Crippen molar-refractivity contribution < 1.29 is 9.59 Å². The predicted octanol–water partition coefficient (Wildman–Crippen LogP) is 7.01. The van der Waals surface area contributed by atoms with Crippen LogP contribution in [0, 0.1) is 0 Å². The molecular weight excluding hydrogens is 653 g/mol. The monoisotopic (exact) mass is 688 g/mol. The van der Waals surface area contributed by atoms with Crippen LogP contribution in [0.1, 0.15) is 31.8 Å². The summed E-state index contributed by atoms with van der Waals surface area (Å²) in [6.07, 6.45) is 1.27. The Bertz CT molecular complexity index is 2140. The van der Waals surface area contributed by atoms with E-state index >= 15 is 0 Å². The molecule has 0 radical (unpaired) electrons. The molecule has 2 aromatic heterocycles. The fourth-order valence-corrected chi connectivity index (χ4v) is 8.35. The molecule has 248 valence electrons. The van der Waals surface area contributed by atoms with Gasteiger partial charge in [0.05, 0.1) is 35.2 Å². The summed E-state index contributed by atoms with van der Waals surface area (Å²) >= 11 is 2.72. The number of fused-ring (bicyclic) bond motifs is 2. The average molecular weight is 689 g/mol. The highest BCUT2D eigenvalue weighted by atomic mass is 32.2. The largest absolute Gasteiger partial charge is 0.378 e. The minimum absolute atomic E-state index is 0.0843. The van der Waals surface area contributed by atoms with Crippen molar-refractivity contribution in [3.63, 3.8) is 0 Å². The van der Waals surface area contributed by atoms with Crippen molar-refractivity contribution in [2.75, 3.05) is 43.1 Å². The first-order chi connectivity index (χ1) is 23.7. The van der Waals surface area contributed by atoms with Crippen LogP contribution in [0.2, 0.25) is 0 Å². The highest BCUT2D eigenvalue weighted by molar-refractivity contribution is 8.16. The first kappa shape index (κ1) is 33.8. The zero-order valence-corrected chi connectivity index (χ0v) is 29.4. The molecule has 2 heterocycles. The number of aldehydes is 2. The number of anilines is 2. The van der Waals surface area contributed by atoms with E-state index in [-0.39, 0.29) is 22.2 Å². The minimum atomic E-state index is -0.367. The number of hydrogen-bond donors (Lipinski definition) is 0. The number of pyridine rings is 2. The molecule has 0 aliphatic heterocycles. The molecule has 0 N–H and O–H groups in total. The van der Waals surface area contributed by atoms with E-state index < -0.39 is 0 Å². The van der Waals surface area contributed by atoms with Crippen molar-refractivity contribution in [1.82, 2.24) is 9.13 Å². The summed E-state index contributed by atoms with van der Waals surface area (Å²) in [6, 6.07) is 31.2. The lowest BCUT2D eigenvalue weighted by molar-refractivity contribution is 0.111. The number of benzene rings is 4. The number of hydrogen-bond acceptors (Lipinski definition) is 8. The second kappa shape index (κ2) is 14.6. The van der Waals surface area contributed by atoms with Crippen LogP contribution in [0.5, 0.6) is 0 Å². The smallest absolute Gasteiger partial charge is 0.263 e. The third kappa shape index (κ3) is 6.79. The Labute approximate surface area is 293 Å². The number of rotatable bonds is 12. The van der Waals surface area contributed by atoms with Gasteiger partial charge in [0.25, 0.3) is 11.1 Å². The van der Waals surface area contributed by atoms with Crippen molar-refractivity contribution >= 4 is 69.3 Å². The Morgan fingerprint density at radius 3 is 1.31 bits per heavy atom. The number of aromatic nitrogens is 2. The minimum Gasteiger partial charge on any atom is -0.378 e. The third-order valence-electron chi connectivity index (χ3n) is 8.52. The summed E-state index contributed by atoms with van der Waals surface area (Å²) in [4.78, 5) is 58.1. The number of carbonyl (C=O) groups is 2. The average Bonchev–Trinajstić information content (AvgIpc) is 3.11. The van der Waals surface area contributed by atoms with E-state index in [1.165, 1.54) is 23.5 Å². The molecule has 10 heteroatoms. The molecule has 6 rings (SSSR count). The van der Waals surface area contributed by atoms with E-state index in [2.05, 4.69) is 0 Å². The number of thioether (sulfide) groups is 2. The Morgan fingerprint density at radius 1 is 0.571 bits per heavy atom. The van der Waals surface area contributed by atoms with Crippen LogP contribution in [0.25, 0.3) is 21.8 Å². The van der Waals surface area contributed by atoms with Gasteiger partial charge in [-0.05, 0) is 47.5 Å². The van der Waals surface area contributed by atoms with Gasteiger partial charge in [-0.15, -0.1) is 23.5 Å². The van der Waals surface area contributed by atoms with E-state index in [1.54, 1.807) is 9.13 Å². The molecule has 0 spiro atoms. The molecule has 0 fully saturated rings. The summed E-state index contributed by atoms with van der Waals surface area (Å²) in [5.41, 5.74) is 4.61. The third-order valence-corrected chi connectivity index (χ3v) is 10.9. The van der Waals surface area contributed by atoms with Crippen molar-refractivity contribution in [2.24, 2.45) is 0 Å². The molecule has 49 heavy (non-hydrogen) atoms. The first-order valence-corrected chi connectivity index (χ1v) is 17.7. The topological polar surface area (TPSA) is 84.6 Å². The van der Waals surface area contributed by atoms with Crippen molar-refractivity contribution in [1.29, 1.82) is 0 Å². The van der Waals surface area contributed by atoms with Crippen LogP contribution >= 0.6 is 23.5 Å². The molecule has 0 aliphatic rings. The van der Waals surface area contributed by atoms with E-state index in [9.17, 15) is 19.2 Å². The highest BCUT2D eigenvalue weighted by Gasteiger charge is 2.21. The molecule has 0 saturated heterocycles. The van der Waals surface area contributed by atoms with Gasteiger partial charge in [-0.3, -0.25) is 19.2 Å². The number of nitrogens with zero attached hydrogens (tertiary/aromatic N) is 4. The molecular formula is C39H36N4O4S2. The normalized spacial score (nSPS) is 11.2. The van der Waals surface area contributed by atoms with Gasteiger partial charge >= 0.3 is 0 Å². The molecule has 0 atom stereocenters. The lowest BCUT2D eigenvalue weighted by Gasteiger charge is -2.20. The first-order valence-electron chi connectivity index (χ1n) is 15.7. The van der Waals surface area contributed by atoms with Crippen LogP contribution in [-0.2, 0) is 13.1 Å². The van der Waals surface area contributed by atoms with Crippen molar-refractivity contribution in [3.8, 4) is 0 Å². The fourth-order valence-electron chi connectivity index (χ4n) is 5.93. The molecule has 6 aromatic rings. The van der Waals surface area contributed by atoms with Gasteiger partial charge < -0.3 is 18.9 Å². The second-order valence-corrected chi connectivity index (χ2v) is 14.4. The highest BCUT2D eigenvalue weighted by Crippen LogP contribution is 2.38. The number of carbonyl (C=O) groups excluding carboxylic acids is 2. The van der Waals surface area contributed by atoms with Crippen LogP contribution in [0.15, 0.2) is 116 Å². The van der Waals surface area contributed by atoms with Gasteiger partial charge in [0.15, 0.2) is 12.6 Å². The van der Waals surface area contributed by atoms with Gasteiger partial charge in [-0.2, -0.15) is 0 Å². The zero-order chi connectivity index (χ0) is 34.7. The van der Waals surface area contributed by atoms with Gasteiger partial charge in [-0.25, -0.2) is 0 Å². The van der Waals surface area contributed by atoms with Crippen LogP contribution < -0.4 is 20.9 Å². The molecule has 0 amide bonds. The maximum Gasteiger partial charge on any atom is 0.263 e. The molecule has 8 nitrogen and oxygen atoms in total. The van der Waals surface area contributed by atoms with Crippen molar-refractivity contribution in [3.05, 3.63) is 140 Å². The zero-order valence-electron chi connectivity index (χ0n) is 27.8. The van der Waals surface area contributed by atoms with E-state index in [0.29, 0.717) is 40.5 Å². The van der Waals surface area contributed by atoms with Gasteiger partial charge in [0.2, 0.25) is 0 Å². The quantitative estimate of drug-likeness (QED) is 0.0772. The summed E-state index contributed by atoms with van der Waals surface area (Å²) in [5.74, 6) is 0. The van der Waals surface area contributed by atoms with E-state index in [4.69, 9.17) is 0 Å².